The van der Waals surface area contributed by atoms with Crippen molar-refractivity contribution >= 4 is 33.6 Å². The Labute approximate surface area is 129 Å². The summed E-state index contributed by atoms with van der Waals surface area (Å²) in [7, 11) is 1.71. The van der Waals surface area contributed by atoms with Crippen LogP contribution in [-0.4, -0.2) is 26.8 Å². The number of benzene rings is 1. The zero-order chi connectivity index (χ0) is 14.3. The van der Waals surface area contributed by atoms with Crippen LogP contribution in [0.3, 0.4) is 0 Å². The zero-order valence-corrected chi connectivity index (χ0v) is 14.0. The zero-order valence-electron chi connectivity index (χ0n) is 11.7. The second-order valence-corrected chi connectivity index (χ2v) is 5.98. The van der Waals surface area contributed by atoms with Crippen molar-refractivity contribution < 1.29 is 4.74 Å². The highest BCUT2D eigenvalue weighted by molar-refractivity contribution is 9.10. The predicted octanol–water partition coefficient (Wildman–Crippen LogP) is 4.38. The monoisotopic (exact) mass is 345 g/mol. The lowest BCUT2D eigenvalue weighted by molar-refractivity contribution is 0.200. The van der Waals surface area contributed by atoms with Crippen LogP contribution in [0.1, 0.15) is 19.4 Å². The average molecular weight is 347 g/mol. The van der Waals surface area contributed by atoms with Gasteiger partial charge in [-0.15, -0.1) is 0 Å². The highest BCUT2D eigenvalue weighted by atomic mass is 79.9. The quantitative estimate of drug-likeness (QED) is 0.740. The van der Waals surface area contributed by atoms with Crippen molar-refractivity contribution in [2.75, 3.05) is 26.8 Å². The van der Waals surface area contributed by atoms with Crippen molar-refractivity contribution in [2.45, 2.75) is 13.8 Å². The maximum Gasteiger partial charge on any atom is 0.0587 e. The van der Waals surface area contributed by atoms with E-state index in [9.17, 15) is 0 Å². The molecule has 0 saturated carbocycles. The van der Waals surface area contributed by atoms with Gasteiger partial charge < -0.3 is 10.1 Å². The maximum absolute atomic E-state index is 6.11. The van der Waals surface area contributed by atoms with Crippen molar-refractivity contribution in [1.29, 1.82) is 0 Å². The van der Waals surface area contributed by atoms with E-state index in [1.54, 1.807) is 7.11 Å². The van der Waals surface area contributed by atoms with Gasteiger partial charge in [0.05, 0.1) is 11.6 Å². The van der Waals surface area contributed by atoms with Crippen molar-refractivity contribution in [1.82, 2.24) is 5.32 Å². The van der Waals surface area contributed by atoms with Crippen LogP contribution in [-0.2, 0) is 4.74 Å². The highest BCUT2D eigenvalue weighted by Gasteiger charge is 2.04. The van der Waals surface area contributed by atoms with Gasteiger partial charge in [0.2, 0.25) is 0 Å². The number of nitrogens with one attached hydrogen (secondary N) is 1. The van der Waals surface area contributed by atoms with E-state index in [2.05, 4.69) is 47.2 Å². The molecule has 0 atom stereocenters. The normalized spacial score (nSPS) is 12.2. The first-order valence-corrected chi connectivity index (χ1v) is 7.57. The smallest absolute Gasteiger partial charge is 0.0587 e. The summed E-state index contributed by atoms with van der Waals surface area (Å²) in [5.74, 6) is 0.498. The maximum atomic E-state index is 6.11. The third-order valence-corrected chi connectivity index (χ3v) is 4.08. The van der Waals surface area contributed by atoms with Gasteiger partial charge in [0, 0.05) is 24.7 Å². The molecular weight excluding hydrogens is 326 g/mol. The van der Waals surface area contributed by atoms with Crippen LogP contribution >= 0.6 is 27.5 Å². The minimum Gasteiger partial charge on any atom is -0.383 e. The highest BCUT2D eigenvalue weighted by Crippen LogP contribution is 2.25. The Morgan fingerprint density at radius 2 is 2.21 bits per heavy atom. The van der Waals surface area contributed by atoms with Crippen LogP contribution in [0.25, 0.3) is 6.08 Å². The van der Waals surface area contributed by atoms with Crippen molar-refractivity contribution in [3.63, 3.8) is 0 Å². The molecule has 0 aromatic heterocycles. The fraction of sp³-hybridized carbons (Fsp3) is 0.467. The van der Waals surface area contributed by atoms with Gasteiger partial charge >= 0.3 is 0 Å². The molecule has 0 aliphatic rings. The summed E-state index contributed by atoms with van der Waals surface area (Å²) in [4.78, 5) is 0. The molecule has 4 heteroatoms. The van der Waals surface area contributed by atoms with Gasteiger partial charge in [-0.2, -0.15) is 0 Å². The molecule has 0 spiro atoms. The fourth-order valence-corrected chi connectivity index (χ4v) is 2.08. The standard InChI is InChI=1S/C15H21BrClNO/c1-11(2)13(10-18-6-7-19-3)8-12-4-5-14(16)15(17)9-12/h4-5,8-9,11,18H,6-7,10H2,1-3H3/b13-8-. The number of rotatable bonds is 7. The van der Waals surface area contributed by atoms with Gasteiger partial charge in [-0.1, -0.05) is 43.2 Å². The van der Waals surface area contributed by atoms with E-state index >= 15 is 0 Å². The molecule has 0 saturated heterocycles. The van der Waals surface area contributed by atoms with Crippen molar-refractivity contribution in [2.24, 2.45) is 5.92 Å². The molecule has 0 bridgehead atoms. The van der Waals surface area contributed by atoms with Crippen LogP contribution in [0.15, 0.2) is 28.2 Å². The Bertz CT molecular complexity index is 432. The molecule has 0 fully saturated rings. The molecular formula is C15H21BrClNO. The second kappa shape index (κ2) is 8.75. The molecule has 1 N–H and O–H groups in total. The van der Waals surface area contributed by atoms with Crippen molar-refractivity contribution in [3.05, 3.63) is 38.8 Å². The van der Waals surface area contributed by atoms with E-state index in [0.717, 1.165) is 34.8 Å². The summed E-state index contributed by atoms with van der Waals surface area (Å²) in [6, 6.07) is 6.02. The van der Waals surface area contributed by atoms with Crippen LogP contribution in [0, 0.1) is 5.92 Å². The predicted molar refractivity (Wildman–Crippen MR) is 86.7 cm³/mol. The molecule has 0 radical (unpaired) electrons. The first-order chi connectivity index (χ1) is 9.04. The molecule has 0 heterocycles. The van der Waals surface area contributed by atoms with E-state index < -0.39 is 0 Å². The lowest BCUT2D eigenvalue weighted by Crippen LogP contribution is -2.23. The molecule has 19 heavy (non-hydrogen) atoms. The first kappa shape index (κ1) is 16.7. The Morgan fingerprint density at radius 3 is 2.79 bits per heavy atom. The molecule has 0 aliphatic heterocycles. The Balaban J connectivity index is 2.73. The van der Waals surface area contributed by atoms with Crippen molar-refractivity contribution in [3.8, 4) is 0 Å². The molecule has 2 nitrogen and oxygen atoms in total. The second-order valence-electron chi connectivity index (χ2n) is 4.72. The van der Waals surface area contributed by atoms with Crippen LogP contribution in [0.2, 0.25) is 5.02 Å². The third kappa shape index (κ3) is 6.09. The molecule has 1 aromatic rings. The Hall–Kier alpha value is -0.350. The molecule has 0 amide bonds. The number of hydrogen-bond donors (Lipinski definition) is 1. The molecule has 0 unspecified atom stereocenters. The largest absolute Gasteiger partial charge is 0.383 e. The molecule has 106 valence electrons. The van der Waals surface area contributed by atoms with Crippen LogP contribution in [0.4, 0.5) is 0 Å². The van der Waals surface area contributed by atoms with E-state index in [0.29, 0.717) is 5.92 Å². The Kier molecular flexibility index (Phi) is 7.69. The van der Waals surface area contributed by atoms with Crippen LogP contribution < -0.4 is 5.32 Å². The summed E-state index contributed by atoms with van der Waals surface area (Å²) < 4.78 is 5.95. The van der Waals surface area contributed by atoms with Gasteiger partial charge in [-0.3, -0.25) is 0 Å². The summed E-state index contributed by atoms with van der Waals surface area (Å²) in [5, 5.41) is 4.12. The first-order valence-electron chi connectivity index (χ1n) is 6.39. The van der Waals surface area contributed by atoms with Gasteiger partial charge in [0.25, 0.3) is 0 Å². The number of methoxy groups -OCH3 is 1. The summed E-state index contributed by atoms with van der Waals surface area (Å²) in [6.45, 7) is 6.86. The minimum atomic E-state index is 0.498. The molecule has 1 aromatic carbocycles. The van der Waals surface area contributed by atoms with Crippen LogP contribution in [0.5, 0.6) is 0 Å². The molecule has 1 rings (SSSR count). The fourth-order valence-electron chi connectivity index (χ4n) is 1.65. The van der Waals surface area contributed by atoms with Gasteiger partial charge in [0.15, 0.2) is 0 Å². The van der Waals surface area contributed by atoms with E-state index in [1.807, 2.05) is 12.1 Å². The van der Waals surface area contributed by atoms with E-state index in [-0.39, 0.29) is 0 Å². The average Bonchev–Trinajstić information content (AvgIpc) is 2.37. The van der Waals surface area contributed by atoms with E-state index in [1.165, 1.54) is 5.57 Å². The topological polar surface area (TPSA) is 21.3 Å². The van der Waals surface area contributed by atoms with E-state index in [4.69, 9.17) is 16.3 Å². The SMILES string of the molecule is COCCNC/C(=C/c1ccc(Br)c(Cl)c1)C(C)C. The van der Waals surface area contributed by atoms with Gasteiger partial charge in [0.1, 0.15) is 0 Å². The van der Waals surface area contributed by atoms with Gasteiger partial charge in [-0.25, -0.2) is 0 Å². The Morgan fingerprint density at radius 1 is 1.47 bits per heavy atom. The molecule has 0 aliphatic carbocycles. The number of ether oxygens (including phenoxy) is 1. The number of halogens is 2. The summed E-state index contributed by atoms with van der Waals surface area (Å²) >= 11 is 9.52. The lowest BCUT2D eigenvalue weighted by atomic mass is 10.0. The number of hydrogen-bond acceptors (Lipinski definition) is 2. The lowest BCUT2D eigenvalue weighted by Gasteiger charge is -2.13. The third-order valence-electron chi connectivity index (χ3n) is 2.85. The minimum absolute atomic E-state index is 0.498. The van der Waals surface area contributed by atoms with Gasteiger partial charge in [-0.05, 0) is 39.5 Å². The summed E-state index contributed by atoms with van der Waals surface area (Å²) in [5.41, 5.74) is 2.49. The summed E-state index contributed by atoms with van der Waals surface area (Å²) in [6.07, 6.45) is 2.20.